The number of oxazole rings is 1. The van der Waals surface area contributed by atoms with Crippen molar-refractivity contribution < 1.29 is 9.21 Å². The first-order valence-electron chi connectivity index (χ1n) is 6.48. The Hall–Kier alpha value is -2.21. The van der Waals surface area contributed by atoms with Gasteiger partial charge in [-0.2, -0.15) is 0 Å². The predicted molar refractivity (Wildman–Crippen MR) is 83.3 cm³/mol. The van der Waals surface area contributed by atoms with Gasteiger partial charge < -0.3 is 9.73 Å². The number of benzene rings is 1. The first-order valence-corrected chi connectivity index (χ1v) is 7.27. The molecule has 0 atom stereocenters. The summed E-state index contributed by atoms with van der Waals surface area (Å²) in [5, 5.41) is 2.82. The Kier molecular flexibility index (Phi) is 3.70. The Morgan fingerprint density at radius 3 is 2.90 bits per heavy atom. The number of hydrogen-bond acceptors (Lipinski definition) is 4. The lowest BCUT2D eigenvalue weighted by Gasteiger charge is -2.04. The monoisotopic (exact) mass is 345 g/mol. The first kappa shape index (κ1) is 13.8. The van der Waals surface area contributed by atoms with Gasteiger partial charge in [0.15, 0.2) is 11.5 Å². The van der Waals surface area contributed by atoms with Crippen molar-refractivity contribution in [2.75, 3.05) is 5.32 Å². The van der Waals surface area contributed by atoms with Gasteiger partial charge in [0.25, 0.3) is 5.91 Å². The third-order valence-corrected chi connectivity index (χ3v) is 3.45. The summed E-state index contributed by atoms with van der Waals surface area (Å²) < 4.78 is 6.23. The van der Waals surface area contributed by atoms with E-state index in [1.807, 2.05) is 6.92 Å². The molecule has 0 bridgehead atoms. The molecule has 106 valence electrons. The van der Waals surface area contributed by atoms with Crippen LogP contribution in [-0.2, 0) is 6.42 Å². The van der Waals surface area contributed by atoms with Gasteiger partial charge in [0, 0.05) is 18.3 Å². The molecule has 5 nitrogen and oxygen atoms in total. The summed E-state index contributed by atoms with van der Waals surface area (Å²) in [4.78, 5) is 20.5. The molecule has 2 heterocycles. The molecule has 0 aliphatic carbocycles. The number of pyridine rings is 1. The molecule has 3 aromatic rings. The zero-order valence-corrected chi connectivity index (χ0v) is 12.8. The second-order valence-corrected chi connectivity index (χ2v) is 5.28. The standard InChI is InChI=1S/C15H12BrN3O2/c1-2-14-19-11-7-10(4-5-12(11)21-14)18-15(20)9-3-6-13(16)17-8-9/h3-8H,2H2,1H3,(H,18,20). The summed E-state index contributed by atoms with van der Waals surface area (Å²) in [5.74, 6) is 0.471. The summed E-state index contributed by atoms with van der Waals surface area (Å²) in [7, 11) is 0. The Morgan fingerprint density at radius 2 is 2.19 bits per heavy atom. The van der Waals surface area contributed by atoms with Crippen LogP contribution in [-0.4, -0.2) is 15.9 Å². The van der Waals surface area contributed by atoms with Gasteiger partial charge in [-0.1, -0.05) is 6.92 Å². The molecule has 1 amide bonds. The molecule has 0 aliphatic heterocycles. The minimum absolute atomic E-state index is 0.214. The maximum atomic E-state index is 12.1. The molecular weight excluding hydrogens is 334 g/mol. The van der Waals surface area contributed by atoms with Crippen LogP contribution in [0.3, 0.4) is 0 Å². The van der Waals surface area contributed by atoms with Gasteiger partial charge in [-0.15, -0.1) is 0 Å². The van der Waals surface area contributed by atoms with Gasteiger partial charge in [-0.05, 0) is 46.3 Å². The summed E-state index contributed by atoms with van der Waals surface area (Å²) in [6.07, 6.45) is 2.25. The van der Waals surface area contributed by atoms with E-state index in [9.17, 15) is 4.79 Å². The van der Waals surface area contributed by atoms with E-state index in [1.54, 1.807) is 30.3 Å². The highest BCUT2D eigenvalue weighted by atomic mass is 79.9. The number of anilines is 1. The van der Waals surface area contributed by atoms with Gasteiger partial charge in [0.2, 0.25) is 0 Å². The number of carbonyl (C=O) groups is 1. The van der Waals surface area contributed by atoms with Crippen LogP contribution in [0.15, 0.2) is 45.5 Å². The lowest BCUT2D eigenvalue weighted by atomic mass is 10.2. The van der Waals surface area contributed by atoms with E-state index >= 15 is 0 Å². The van der Waals surface area contributed by atoms with E-state index in [0.717, 1.165) is 17.5 Å². The van der Waals surface area contributed by atoms with Crippen LogP contribution in [0.1, 0.15) is 23.2 Å². The van der Waals surface area contributed by atoms with Crippen LogP contribution >= 0.6 is 15.9 Å². The summed E-state index contributed by atoms with van der Waals surface area (Å²) in [5.41, 5.74) is 2.62. The van der Waals surface area contributed by atoms with Crippen LogP contribution < -0.4 is 5.32 Å². The van der Waals surface area contributed by atoms with Gasteiger partial charge in [-0.3, -0.25) is 4.79 Å². The number of aromatic nitrogens is 2. The van der Waals surface area contributed by atoms with Gasteiger partial charge >= 0.3 is 0 Å². The normalized spacial score (nSPS) is 10.8. The number of nitrogens with zero attached hydrogens (tertiary/aromatic N) is 2. The van der Waals surface area contributed by atoms with Gasteiger partial charge in [-0.25, -0.2) is 9.97 Å². The predicted octanol–water partition coefficient (Wildman–Crippen LogP) is 3.80. The summed E-state index contributed by atoms with van der Waals surface area (Å²) in [6, 6.07) is 8.82. The lowest BCUT2D eigenvalue weighted by molar-refractivity contribution is 0.102. The second-order valence-electron chi connectivity index (χ2n) is 4.47. The molecule has 0 fully saturated rings. The van der Waals surface area contributed by atoms with Crippen LogP contribution in [0, 0.1) is 0 Å². The average Bonchev–Trinajstić information content (AvgIpc) is 2.90. The number of aryl methyl sites for hydroxylation is 1. The van der Waals surface area contributed by atoms with E-state index in [-0.39, 0.29) is 5.91 Å². The average molecular weight is 346 g/mol. The fourth-order valence-corrected chi connectivity index (χ4v) is 2.15. The van der Waals surface area contributed by atoms with Crippen LogP contribution in [0.2, 0.25) is 0 Å². The molecule has 2 aromatic heterocycles. The van der Waals surface area contributed by atoms with Crippen molar-refractivity contribution in [3.05, 3.63) is 52.6 Å². The van der Waals surface area contributed by atoms with Gasteiger partial charge in [0.1, 0.15) is 10.1 Å². The number of fused-ring (bicyclic) bond motifs is 1. The minimum atomic E-state index is -0.214. The fourth-order valence-electron chi connectivity index (χ4n) is 1.92. The maximum Gasteiger partial charge on any atom is 0.257 e. The SMILES string of the molecule is CCc1nc2cc(NC(=O)c3ccc(Br)nc3)ccc2o1. The van der Waals surface area contributed by atoms with E-state index in [0.29, 0.717) is 21.7 Å². The molecule has 1 aromatic carbocycles. The van der Waals surface area contributed by atoms with Crippen molar-refractivity contribution in [1.82, 2.24) is 9.97 Å². The first-order chi connectivity index (χ1) is 10.2. The Labute approximate surface area is 129 Å². The topological polar surface area (TPSA) is 68.0 Å². The number of amides is 1. The molecule has 0 spiro atoms. The third-order valence-electron chi connectivity index (χ3n) is 2.98. The second kappa shape index (κ2) is 5.65. The van der Waals surface area contributed by atoms with Crippen molar-refractivity contribution in [2.45, 2.75) is 13.3 Å². The molecule has 21 heavy (non-hydrogen) atoms. The maximum absolute atomic E-state index is 12.1. The molecule has 1 N–H and O–H groups in total. The smallest absolute Gasteiger partial charge is 0.257 e. The number of rotatable bonds is 3. The van der Waals surface area contributed by atoms with E-state index in [4.69, 9.17) is 4.42 Å². The van der Waals surface area contributed by atoms with E-state index < -0.39 is 0 Å². The highest BCUT2D eigenvalue weighted by Crippen LogP contribution is 2.20. The highest BCUT2D eigenvalue weighted by molar-refractivity contribution is 9.10. The quantitative estimate of drug-likeness (QED) is 0.733. The van der Waals surface area contributed by atoms with Crippen molar-refractivity contribution in [3.8, 4) is 0 Å². The van der Waals surface area contributed by atoms with Crippen LogP contribution in [0.5, 0.6) is 0 Å². The lowest BCUT2D eigenvalue weighted by Crippen LogP contribution is -2.11. The molecule has 6 heteroatoms. The molecule has 3 rings (SSSR count). The minimum Gasteiger partial charge on any atom is -0.441 e. The fraction of sp³-hybridized carbons (Fsp3) is 0.133. The summed E-state index contributed by atoms with van der Waals surface area (Å²) in [6.45, 7) is 1.98. The molecule has 0 saturated heterocycles. The molecule has 0 radical (unpaired) electrons. The van der Waals surface area contributed by atoms with Crippen molar-refractivity contribution >= 4 is 38.6 Å². The third kappa shape index (κ3) is 2.95. The molecule has 0 unspecified atom stereocenters. The number of nitrogens with one attached hydrogen (secondary N) is 1. The zero-order valence-electron chi connectivity index (χ0n) is 11.3. The molecular formula is C15H12BrN3O2. The number of halogens is 1. The molecule has 0 aliphatic rings. The highest BCUT2D eigenvalue weighted by Gasteiger charge is 2.09. The Balaban J connectivity index is 1.83. The summed E-state index contributed by atoms with van der Waals surface area (Å²) >= 11 is 3.24. The van der Waals surface area contributed by atoms with Gasteiger partial charge in [0.05, 0.1) is 5.56 Å². The Morgan fingerprint density at radius 1 is 1.33 bits per heavy atom. The van der Waals surface area contributed by atoms with Crippen molar-refractivity contribution in [3.63, 3.8) is 0 Å². The van der Waals surface area contributed by atoms with Crippen molar-refractivity contribution in [2.24, 2.45) is 0 Å². The van der Waals surface area contributed by atoms with E-state index in [2.05, 4.69) is 31.2 Å². The molecule has 0 saturated carbocycles. The Bertz CT molecular complexity index is 796. The number of carbonyl (C=O) groups excluding carboxylic acids is 1. The van der Waals surface area contributed by atoms with Crippen LogP contribution in [0.25, 0.3) is 11.1 Å². The van der Waals surface area contributed by atoms with Crippen LogP contribution in [0.4, 0.5) is 5.69 Å². The number of hydrogen-bond donors (Lipinski definition) is 1. The largest absolute Gasteiger partial charge is 0.441 e. The zero-order chi connectivity index (χ0) is 14.8. The van der Waals surface area contributed by atoms with E-state index in [1.165, 1.54) is 6.20 Å². The van der Waals surface area contributed by atoms with Crippen molar-refractivity contribution in [1.29, 1.82) is 0 Å².